The van der Waals surface area contributed by atoms with Gasteiger partial charge < -0.3 is 15.2 Å². The van der Waals surface area contributed by atoms with Crippen molar-refractivity contribution in [3.8, 4) is 5.75 Å². The Kier molecular flexibility index (Phi) is 4.74. The van der Waals surface area contributed by atoms with Crippen LogP contribution in [-0.2, 0) is 13.1 Å². The smallest absolute Gasteiger partial charge is 0.142 e. The molecule has 0 radical (unpaired) electrons. The Morgan fingerprint density at radius 1 is 1.37 bits per heavy atom. The van der Waals surface area contributed by atoms with Gasteiger partial charge in [0.25, 0.3) is 0 Å². The Hall–Kier alpha value is -2.08. The molecule has 0 saturated heterocycles. The summed E-state index contributed by atoms with van der Waals surface area (Å²) in [6.07, 6.45) is 1.81. The van der Waals surface area contributed by atoms with Crippen molar-refractivity contribution in [1.82, 2.24) is 15.0 Å². The van der Waals surface area contributed by atoms with Gasteiger partial charge in [0.2, 0.25) is 0 Å². The molecule has 6 nitrogen and oxygen atoms in total. The highest BCUT2D eigenvalue weighted by molar-refractivity contribution is 5.56. The quantitative estimate of drug-likeness (QED) is 0.786. The molecule has 6 heteroatoms. The SMILES string of the molecule is CCOc1ccccc1NCc1cn(CCO)nn1. The van der Waals surface area contributed by atoms with Crippen LogP contribution in [0.4, 0.5) is 5.69 Å². The van der Waals surface area contributed by atoms with Crippen LogP contribution in [0.1, 0.15) is 12.6 Å². The van der Waals surface area contributed by atoms with Crippen molar-refractivity contribution < 1.29 is 9.84 Å². The maximum atomic E-state index is 8.81. The molecular weight excluding hydrogens is 244 g/mol. The minimum Gasteiger partial charge on any atom is -0.492 e. The highest BCUT2D eigenvalue weighted by Gasteiger charge is 2.04. The first kappa shape index (κ1) is 13.4. The number of anilines is 1. The third kappa shape index (κ3) is 3.69. The van der Waals surface area contributed by atoms with E-state index in [1.165, 1.54) is 0 Å². The molecule has 0 aliphatic rings. The monoisotopic (exact) mass is 262 g/mol. The molecular formula is C13H18N4O2. The number of benzene rings is 1. The van der Waals surface area contributed by atoms with Gasteiger partial charge in [-0.2, -0.15) is 0 Å². The van der Waals surface area contributed by atoms with Crippen LogP contribution in [0.3, 0.4) is 0 Å². The van der Waals surface area contributed by atoms with Crippen LogP contribution in [0.15, 0.2) is 30.5 Å². The minimum absolute atomic E-state index is 0.0589. The summed E-state index contributed by atoms with van der Waals surface area (Å²) in [5.74, 6) is 0.827. The highest BCUT2D eigenvalue weighted by Crippen LogP contribution is 2.23. The van der Waals surface area contributed by atoms with Crippen LogP contribution in [0.5, 0.6) is 5.75 Å². The fourth-order valence-corrected chi connectivity index (χ4v) is 1.71. The molecule has 2 aromatic rings. The van der Waals surface area contributed by atoms with Gasteiger partial charge >= 0.3 is 0 Å². The number of hydrogen-bond donors (Lipinski definition) is 2. The Bertz CT molecular complexity index is 513. The summed E-state index contributed by atoms with van der Waals surface area (Å²) in [5, 5.41) is 20.0. The molecule has 0 spiro atoms. The van der Waals surface area contributed by atoms with Gasteiger partial charge in [-0.15, -0.1) is 5.10 Å². The summed E-state index contributed by atoms with van der Waals surface area (Å²) in [5.41, 5.74) is 1.75. The number of nitrogens with zero attached hydrogens (tertiary/aromatic N) is 3. The summed E-state index contributed by atoms with van der Waals surface area (Å²) in [4.78, 5) is 0. The number of para-hydroxylation sites is 2. The average Bonchev–Trinajstić information content (AvgIpc) is 2.86. The minimum atomic E-state index is 0.0589. The van der Waals surface area contributed by atoms with Crippen LogP contribution in [0, 0.1) is 0 Å². The maximum absolute atomic E-state index is 8.81. The number of nitrogens with one attached hydrogen (secondary N) is 1. The lowest BCUT2D eigenvalue weighted by Gasteiger charge is -2.10. The van der Waals surface area contributed by atoms with E-state index in [0.29, 0.717) is 19.7 Å². The molecule has 0 aliphatic carbocycles. The first-order valence-electron chi connectivity index (χ1n) is 6.29. The Morgan fingerprint density at radius 2 is 2.21 bits per heavy atom. The van der Waals surface area contributed by atoms with Crippen LogP contribution >= 0.6 is 0 Å². The van der Waals surface area contributed by atoms with E-state index in [9.17, 15) is 0 Å². The predicted molar refractivity (Wildman–Crippen MR) is 72.0 cm³/mol. The lowest BCUT2D eigenvalue weighted by atomic mass is 10.3. The molecule has 0 amide bonds. The van der Waals surface area contributed by atoms with Crippen molar-refractivity contribution in [1.29, 1.82) is 0 Å². The van der Waals surface area contributed by atoms with Gasteiger partial charge in [-0.25, -0.2) is 4.68 Å². The number of rotatable bonds is 7. The third-order valence-corrected chi connectivity index (χ3v) is 2.56. The predicted octanol–water partition coefficient (Wildman–Crippen LogP) is 1.28. The molecule has 102 valence electrons. The summed E-state index contributed by atoms with van der Waals surface area (Å²) in [6, 6.07) is 7.78. The molecule has 0 aliphatic heterocycles. The highest BCUT2D eigenvalue weighted by atomic mass is 16.5. The van der Waals surface area contributed by atoms with Crippen LogP contribution in [0.2, 0.25) is 0 Å². The molecule has 1 aromatic heterocycles. The molecule has 2 rings (SSSR count). The van der Waals surface area contributed by atoms with E-state index in [4.69, 9.17) is 9.84 Å². The second kappa shape index (κ2) is 6.75. The Balaban J connectivity index is 1.97. The molecule has 0 unspecified atom stereocenters. The van der Waals surface area contributed by atoms with E-state index in [1.54, 1.807) is 4.68 Å². The van der Waals surface area contributed by atoms with E-state index < -0.39 is 0 Å². The summed E-state index contributed by atoms with van der Waals surface area (Å²) >= 11 is 0. The normalized spacial score (nSPS) is 10.4. The first-order valence-corrected chi connectivity index (χ1v) is 6.29. The van der Waals surface area contributed by atoms with E-state index in [1.807, 2.05) is 37.4 Å². The maximum Gasteiger partial charge on any atom is 0.142 e. The zero-order valence-electron chi connectivity index (χ0n) is 10.9. The topological polar surface area (TPSA) is 72.2 Å². The lowest BCUT2D eigenvalue weighted by molar-refractivity contribution is 0.268. The van der Waals surface area contributed by atoms with Crippen LogP contribution in [-0.4, -0.2) is 33.3 Å². The fourth-order valence-electron chi connectivity index (χ4n) is 1.71. The van der Waals surface area contributed by atoms with Crippen molar-refractivity contribution in [2.75, 3.05) is 18.5 Å². The van der Waals surface area contributed by atoms with Crippen molar-refractivity contribution in [2.45, 2.75) is 20.0 Å². The first-order chi connectivity index (χ1) is 9.33. The number of ether oxygens (including phenoxy) is 1. The van der Waals surface area contributed by atoms with E-state index in [-0.39, 0.29) is 6.61 Å². The van der Waals surface area contributed by atoms with Crippen molar-refractivity contribution in [3.05, 3.63) is 36.2 Å². The lowest BCUT2D eigenvalue weighted by Crippen LogP contribution is -2.03. The van der Waals surface area contributed by atoms with E-state index in [2.05, 4.69) is 15.6 Å². The second-order valence-corrected chi connectivity index (χ2v) is 3.98. The van der Waals surface area contributed by atoms with Crippen molar-refractivity contribution in [3.63, 3.8) is 0 Å². The van der Waals surface area contributed by atoms with Crippen LogP contribution < -0.4 is 10.1 Å². The van der Waals surface area contributed by atoms with Gasteiger partial charge in [-0.3, -0.25) is 0 Å². The van der Waals surface area contributed by atoms with Crippen molar-refractivity contribution >= 4 is 5.69 Å². The van der Waals surface area contributed by atoms with Gasteiger partial charge in [-0.05, 0) is 19.1 Å². The average molecular weight is 262 g/mol. The summed E-state index contributed by atoms with van der Waals surface area (Å²) < 4.78 is 7.15. The molecule has 0 bridgehead atoms. The number of hydrogen-bond acceptors (Lipinski definition) is 5. The van der Waals surface area contributed by atoms with Crippen LogP contribution in [0.25, 0.3) is 0 Å². The molecule has 0 atom stereocenters. The summed E-state index contributed by atoms with van der Waals surface area (Å²) in [7, 11) is 0. The van der Waals surface area contributed by atoms with Gasteiger partial charge in [0.15, 0.2) is 0 Å². The Morgan fingerprint density at radius 3 is 3.00 bits per heavy atom. The van der Waals surface area contributed by atoms with Gasteiger partial charge in [0, 0.05) is 0 Å². The summed E-state index contributed by atoms with van der Waals surface area (Å²) in [6.45, 7) is 3.67. The molecule has 19 heavy (non-hydrogen) atoms. The standard InChI is InChI=1S/C13H18N4O2/c1-2-19-13-6-4-3-5-12(13)14-9-11-10-17(7-8-18)16-15-11/h3-6,10,14,18H,2,7-9H2,1H3. The zero-order chi connectivity index (χ0) is 13.5. The largest absolute Gasteiger partial charge is 0.492 e. The molecule has 0 saturated carbocycles. The molecule has 1 heterocycles. The third-order valence-electron chi connectivity index (χ3n) is 2.56. The fraction of sp³-hybridized carbons (Fsp3) is 0.385. The van der Waals surface area contributed by atoms with Gasteiger partial charge in [0.05, 0.1) is 38.2 Å². The Labute approximate surface area is 112 Å². The number of aliphatic hydroxyl groups excluding tert-OH is 1. The number of aliphatic hydroxyl groups is 1. The zero-order valence-corrected chi connectivity index (χ0v) is 10.9. The second-order valence-electron chi connectivity index (χ2n) is 3.98. The van der Waals surface area contributed by atoms with Crippen molar-refractivity contribution in [2.24, 2.45) is 0 Å². The van der Waals surface area contributed by atoms with Gasteiger partial charge in [-0.1, -0.05) is 17.3 Å². The van der Waals surface area contributed by atoms with E-state index in [0.717, 1.165) is 17.1 Å². The molecule has 0 fully saturated rings. The number of aromatic nitrogens is 3. The van der Waals surface area contributed by atoms with E-state index >= 15 is 0 Å². The van der Waals surface area contributed by atoms with Gasteiger partial charge in [0.1, 0.15) is 11.4 Å². The molecule has 1 aromatic carbocycles. The molecule has 2 N–H and O–H groups in total.